The summed E-state index contributed by atoms with van der Waals surface area (Å²) in [5.41, 5.74) is 1.85. The highest BCUT2D eigenvalue weighted by Crippen LogP contribution is 2.37. The molecule has 0 aliphatic heterocycles. The van der Waals surface area contributed by atoms with Crippen LogP contribution in [0.3, 0.4) is 0 Å². The summed E-state index contributed by atoms with van der Waals surface area (Å²) in [7, 11) is 0. The van der Waals surface area contributed by atoms with Crippen molar-refractivity contribution in [1.29, 1.82) is 0 Å². The molecule has 0 spiro atoms. The van der Waals surface area contributed by atoms with Crippen molar-refractivity contribution in [3.8, 4) is 0 Å². The van der Waals surface area contributed by atoms with Crippen LogP contribution in [0, 0.1) is 11.6 Å². The van der Waals surface area contributed by atoms with E-state index >= 15 is 0 Å². The zero-order chi connectivity index (χ0) is 14.1. The molecule has 0 atom stereocenters. The standard InChI is InChI=1S/C15H11BrF2N2/c16-9-5-6-10(17)15(18)13(9)14(11-3-1-7-19-11)12-4-2-8-20-12/h1-8,14,19-20H. The molecule has 0 amide bonds. The Morgan fingerprint density at radius 3 is 2.00 bits per heavy atom. The zero-order valence-electron chi connectivity index (χ0n) is 10.3. The molecule has 20 heavy (non-hydrogen) atoms. The highest BCUT2D eigenvalue weighted by molar-refractivity contribution is 9.10. The van der Waals surface area contributed by atoms with Crippen molar-refractivity contribution in [2.45, 2.75) is 5.92 Å². The quantitative estimate of drug-likeness (QED) is 0.657. The molecule has 2 N–H and O–H groups in total. The minimum absolute atomic E-state index is 0.273. The number of hydrogen-bond acceptors (Lipinski definition) is 0. The Labute approximate surface area is 123 Å². The van der Waals surface area contributed by atoms with Crippen LogP contribution in [0.2, 0.25) is 0 Å². The summed E-state index contributed by atoms with van der Waals surface area (Å²) in [6.07, 6.45) is 3.52. The van der Waals surface area contributed by atoms with Gasteiger partial charge in [-0.05, 0) is 36.4 Å². The molecule has 2 aromatic heterocycles. The SMILES string of the molecule is Fc1ccc(Br)c(C(c2ccc[nH]2)c2ccc[nH]2)c1F. The largest absolute Gasteiger partial charge is 0.364 e. The van der Waals surface area contributed by atoms with E-state index in [-0.39, 0.29) is 5.56 Å². The highest BCUT2D eigenvalue weighted by Gasteiger charge is 2.26. The number of benzene rings is 1. The predicted molar refractivity (Wildman–Crippen MR) is 76.6 cm³/mol. The van der Waals surface area contributed by atoms with E-state index < -0.39 is 17.6 Å². The molecule has 0 aliphatic carbocycles. The topological polar surface area (TPSA) is 31.6 Å². The molecule has 0 aliphatic rings. The van der Waals surface area contributed by atoms with E-state index in [1.165, 1.54) is 6.07 Å². The summed E-state index contributed by atoms with van der Waals surface area (Å²) < 4.78 is 28.4. The Kier molecular flexibility index (Phi) is 3.44. The van der Waals surface area contributed by atoms with E-state index in [0.717, 1.165) is 17.5 Å². The van der Waals surface area contributed by atoms with Crippen molar-refractivity contribution >= 4 is 15.9 Å². The van der Waals surface area contributed by atoms with Gasteiger partial charge in [0.1, 0.15) is 0 Å². The van der Waals surface area contributed by atoms with Gasteiger partial charge in [0.2, 0.25) is 0 Å². The maximum absolute atomic E-state index is 14.3. The third kappa shape index (κ3) is 2.18. The number of hydrogen-bond donors (Lipinski definition) is 2. The first-order valence-electron chi connectivity index (χ1n) is 6.08. The van der Waals surface area contributed by atoms with Gasteiger partial charge in [0.05, 0.1) is 5.92 Å². The van der Waals surface area contributed by atoms with Crippen LogP contribution in [0.15, 0.2) is 53.3 Å². The van der Waals surface area contributed by atoms with Crippen molar-refractivity contribution in [3.05, 3.63) is 81.9 Å². The molecule has 3 rings (SSSR count). The van der Waals surface area contributed by atoms with Gasteiger partial charge in [-0.15, -0.1) is 0 Å². The monoisotopic (exact) mass is 336 g/mol. The smallest absolute Gasteiger partial charge is 0.164 e. The van der Waals surface area contributed by atoms with Gasteiger partial charge in [0.25, 0.3) is 0 Å². The molecule has 0 unspecified atom stereocenters. The lowest BCUT2D eigenvalue weighted by atomic mass is 9.92. The molecule has 1 aromatic carbocycles. The number of aromatic amines is 2. The summed E-state index contributed by atoms with van der Waals surface area (Å²) >= 11 is 3.32. The number of H-pyrrole nitrogens is 2. The van der Waals surface area contributed by atoms with E-state index in [0.29, 0.717) is 4.47 Å². The van der Waals surface area contributed by atoms with E-state index in [1.807, 2.05) is 24.3 Å². The fourth-order valence-electron chi connectivity index (χ4n) is 2.33. The predicted octanol–water partition coefficient (Wildman–Crippen LogP) is 4.56. The normalized spacial score (nSPS) is 11.2. The molecule has 0 radical (unpaired) electrons. The second kappa shape index (κ2) is 5.25. The third-order valence-electron chi connectivity index (χ3n) is 3.23. The maximum Gasteiger partial charge on any atom is 0.164 e. The molecule has 0 fully saturated rings. The Hall–Kier alpha value is -1.88. The highest BCUT2D eigenvalue weighted by atomic mass is 79.9. The average Bonchev–Trinajstić information content (AvgIpc) is 3.12. The van der Waals surface area contributed by atoms with Gasteiger partial charge in [-0.1, -0.05) is 15.9 Å². The molecular weight excluding hydrogens is 326 g/mol. The van der Waals surface area contributed by atoms with Crippen LogP contribution in [0.25, 0.3) is 0 Å². The van der Waals surface area contributed by atoms with Crippen molar-refractivity contribution in [3.63, 3.8) is 0 Å². The molecule has 2 nitrogen and oxygen atoms in total. The minimum atomic E-state index is -0.855. The summed E-state index contributed by atoms with van der Waals surface area (Å²) in [5.74, 6) is -2.12. The fourth-order valence-corrected chi connectivity index (χ4v) is 2.87. The minimum Gasteiger partial charge on any atom is -0.364 e. The Balaban J connectivity index is 2.24. The molecule has 2 heterocycles. The summed E-state index contributed by atoms with van der Waals surface area (Å²) in [4.78, 5) is 6.14. The maximum atomic E-state index is 14.3. The van der Waals surface area contributed by atoms with Crippen molar-refractivity contribution in [2.24, 2.45) is 0 Å². The second-order valence-electron chi connectivity index (χ2n) is 4.44. The Morgan fingerprint density at radius 2 is 1.50 bits per heavy atom. The van der Waals surface area contributed by atoms with Gasteiger partial charge < -0.3 is 9.97 Å². The number of halogens is 3. The number of nitrogens with one attached hydrogen (secondary N) is 2. The number of aromatic nitrogens is 2. The van der Waals surface area contributed by atoms with Crippen LogP contribution in [0.5, 0.6) is 0 Å². The van der Waals surface area contributed by atoms with Crippen LogP contribution in [-0.4, -0.2) is 9.97 Å². The van der Waals surface area contributed by atoms with Crippen molar-refractivity contribution in [1.82, 2.24) is 9.97 Å². The van der Waals surface area contributed by atoms with Crippen LogP contribution in [0.1, 0.15) is 22.9 Å². The summed E-state index contributed by atoms with van der Waals surface area (Å²) in [6.45, 7) is 0. The second-order valence-corrected chi connectivity index (χ2v) is 5.30. The van der Waals surface area contributed by atoms with Crippen LogP contribution < -0.4 is 0 Å². The molecule has 5 heteroatoms. The lowest BCUT2D eigenvalue weighted by Gasteiger charge is -2.18. The first-order chi connectivity index (χ1) is 9.68. The van der Waals surface area contributed by atoms with E-state index in [9.17, 15) is 8.78 Å². The molecule has 102 valence electrons. The van der Waals surface area contributed by atoms with E-state index in [4.69, 9.17) is 0 Å². The van der Waals surface area contributed by atoms with Crippen LogP contribution >= 0.6 is 15.9 Å². The van der Waals surface area contributed by atoms with Crippen LogP contribution in [0.4, 0.5) is 8.78 Å². The van der Waals surface area contributed by atoms with Gasteiger partial charge in [0, 0.05) is 33.8 Å². The van der Waals surface area contributed by atoms with Gasteiger partial charge >= 0.3 is 0 Å². The number of rotatable bonds is 3. The van der Waals surface area contributed by atoms with E-state index in [2.05, 4.69) is 25.9 Å². The average molecular weight is 337 g/mol. The van der Waals surface area contributed by atoms with E-state index in [1.54, 1.807) is 12.4 Å². The molecule has 0 saturated carbocycles. The summed E-state index contributed by atoms with van der Waals surface area (Å²) in [5, 5.41) is 0. The molecule has 0 saturated heterocycles. The van der Waals surface area contributed by atoms with Crippen molar-refractivity contribution < 1.29 is 8.78 Å². The fraction of sp³-hybridized carbons (Fsp3) is 0.0667. The van der Waals surface area contributed by atoms with Crippen molar-refractivity contribution in [2.75, 3.05) is 0 Å². The van der Waals surface area contributed by atoms with Gasteiger partial charge in [-0.3, -0.25) is 0 Å². The van der Waals surface area contributed by atoms with Gasteiger partial charge in [-0.25, -0.2) is 8.78 Å². The molecule has 3 aromatic rings. The molecule has 0 bridgehead atoms. The summed E-state index contributed by atoms with van der Waals surface area (Å²) in [6, 6.07) is 9.99. The lowest BCUT2D eigenvalue weighted by Crippen LogP contribution is -2.09. The van der Waals surface area contributed by atoms with Gasteiger partial charge in [-0.2, -0.15) is 0 Å². The van der Waals surface area contributed by atoms with Crippen LogP contribution in [-0.2, 0) is 0 Å². The molecular formula is C15H11BrF2N2. The third-order valence-corrected chi connectivity index (χ3v) is 3.93. The Morgan fingerprint density at radius 1 is 0.900 bits per heavy atom. The lowest BCUT2D eigenvalue weighted by molar-refractivity contribution is 0.495. The van der Waals surface area contributed by atoms with Gasteiger partial charge in [0.15, 0.2) is 11.6 Å². The first-order valence-corrected chi connectivity index (χ1v) is 6.87. The zero-order valence-corrected chi connectivity index (χ0v) is 11.9. The Bertz CT molecular complexity index is 672. The first kappa shape index (κ1) is 13.1.